The van der Waals surface area contributed by atoms with Crippen LogP contribution in [-0.4, -0.2) is 40.9 Å². The van der Waals surface area contributed by atoms with Crippen molar-refractivity contribution >= 4 is 17.8 Å². The summed E-state index contributed by atoms with van der Waals surface area (Å²) in [5.41, 5.74) is 0.776. The second-order valence-corrected chi connectivity index (χ2v) is 5.72. The van der Waals surface area contributed by atoms with Crippen LogP contribution in [-0.2, 0) is 14.4 Å². The first-order chi connectivity index (χ1) is 11.1. The molecule has 1 aliphatic heterocycles. The van der Waals surface area contributed by atoms with E-state index in [0.717, 1.165) is 18.5 Å². The highest BCUT2D eigenvalue weighted by molar-refractivity contribution is 5.79. The lowest BCUT2D eigenvalue weighted by Crippen LogP contribution is -2.31. The molecule has 1 atom stereocenters. The SMILES string of the molecule is O=C(O)CC(NC(=O)CCCN1CCCC1=O)c1ccccc1. The van der Waals surface area contributed by atoms with Crippen LogP contribution < -0.4 is 5.32 Å². The Hall–Kier alpha value is -2.37. The fraction of sp³-hybridized carbons (Fsp3) is 0.471. The Labute approximate surface area is 135 Å². The Morgan fingerprint density at radius 2 is 2.00 bits per heavy atom. The first-order valence-electron chi connectivity index (χ1n) is 7.90. The maximum Gasteiger partial charge on any atom is 0.305 e. The van der Waals surface area contributed by atoms with E-state index in [1.165, 1.54) is 0 Å². The molecule has 1 fully saturated rings. The Morgan fingerprint density at radius 1 is 1.26 bits per heavy atom. The highest BCUT2D eigenvalue weighted by Crippen LogP contribution is 2.17. The summed E-state index contributed by atoms with van der Waals surface area (Å²) in [6.07, 6.45) is 2.21. The topological polar surface area (TPSA) is 86.7 Å². The number of amides is 2. The van der Waals surface area contributed by atoms with Gasteiger partial charge in [0.1, 0.15) is 0 Å². The molecule has 1 heterocycles. The Balaban J connectivity index is 1.82. The molecule has 0 spiro atoms. The van der Waals surface area contributed by atoms with E-state index in [1.54, 1.807) is 17.0 Å². The smallest absolute Gasteiger partial charge is 0.305 e. The number of nitrogens with zero attached hydrogens (tertiary/aromatic N) is 1. The minimum absolute atomic E-state index is 0.151. The molecule has 1 saturated heterocycles. The second kappa shape index (κ2) is 8.31. The van der Waals surface area contributed by atoms with E-state index in [2.05, 4.69) is 5.32 Å². The molecule has 2 rings (SSSR count). The predicted octanol–water partition coefficient (Wildman–Crippen LogP) is 1.72. The second-order valence-electron chi connectivity index (χ2n) is 5.72. The van der Waals surface area contributed by atoms with Crippen LogP contribution in [0.4, 0.5) is 0 Å². The van der Waals surface area contributed by atoms with Crippen LogP contribution in [0.3, 0.4) is 0 Å². The van der Waals surface area contributed by atoms with E-state index in [1.807, 2.05) is 18.2 Å². The molecule has 6 nitrogen and oxygen atoms in total. The van der Waals surface area contributed by atoms with Gasteiger partial charge in [-0.15, -0.1) is 0 Å². The van der Waals surface area contributed by atoms with Crippen molar-refractivity contribution in [3.8, 4) is 0 Å². The minimum atomic E-state index is -0.957. The fourth-order valence-corrected chi connectivity index (χ4v) is 2.75. The van der Waals surface area contributed by atoms with Crippen LogP contribution in [0.1, 0.15) is 43.7 Å². The summed E-state index contributed by atoms with van der Waals surface area (Å²) in [6.45, 7) is 1.35. The van der Waals surface area contributed by atoms with Gasteiger partial charge in [-0.2, -0.15) is 0 Å². The van der Waals surface area contributed by atoms with E-state index < -0.39 is 12.0 Å². The third-order valence-corrected chi connectivity index (χ3v) is 3.92. The summed E-state index contributed by atoms with van der Waals surface area (Å²) < 4.78 is 0. The lowest BCUT2D eigenvalue weighted by Gasteiger charge is -2.18. The molecule has 1 aromatic carbocycles. The van der Waals surface area contributed by atoms with Gasteiger partial charge in [0.2, 0.25) is 11.8 Å². The van der Waals surface area contributed by atoms with Crippen molar-refractivity contribution in [2.75, 3.05) is 13.1 Å². The molecule has 1 unspecified atom stereocenters. The molecule has 0 radical (unpaired) electrons. The summed E-state index contributed by atoms with van der Waals surface area (Å²) in [5, 5.41) is 11.8. The van der Waals surface area contributed by atoms with Crippen LogP contribution in [0.15, 0.2) is 30.3 Å². The fourth-order valence-electron chi connectivity index (χ4n) is 2.75. The molecule has 0 saturated carbocycles. The molecule has 1 aromatic rings. The number of carbonyl (C=O) groups is 3. The van der Waals surface area contributed by atoms with Crippen molar-refractivity contribution < 1.29 is 19.5 Å². The number of carboxylic acid groups (broad SMARTS) is 1. The van der Waals surface area contributed by atoms with Crippen LogP contribution in [0, 0.1) is 0 Å². The predicted molar refractivity (Wildman–Crippen MR) is 84.6 cm³/mol. The summed E-state index contributed by atoms with van der Waals surface area (Å²) >= 11 is 0. The number of likely N-dealkylation sites (tertiary alicyclic amines) is 1. The van der Waals surface area contributed by atoms with E-state index in [-0.39, 0.29) is 24.7 Å². The molecule has 0 aromatic heterocycles. The monoisotopic (exact) mass is 318 g/mol. The molecular weight excluding hydrogens is 296 g/mol. The number of benzene rings is 1. The van der Waals surface area contributed by atoms with E-state index in [9.17, 15) is 14.4 Å². The molecule has 0 aliphatic carbocycles. The molecule has 23 heavy (non-hydrogen) atoms. The number of carbonyl (C=O) groups excluding carboxylic acids is 2. The number of hydrogen-bond acceptors (Lipinski definition) is 3. The van der Waals surface area contributed by atoms with Crippen molar-refractivity contribution in [2.45, 2.75) is 38.1 Å². The van der Waals surface area contributed by atoms with Gasteiger partial charge in [-0.25, -0.2) is 0 Å². The highest BCUT2D eigenvalue weighted by atomic mass is 16.4. The Morgan fingerprint density at radius 3 is 2.61 bits per heavy atom. The molecule has 0 bridgehead atoms. The van der Waals surface area contributed by atoms with Crippen molar-refractivity contribution in [2.24, 2.45) is 0 Å². The van der Waals surface area contributed by atoms with Gasteiger partial charge >= 0.3 is 5.97 Å². The lowest BCUT2D eigenvalue weighted by molar-refractivity contribution is -0.138. The standard InChI is InChI=1S/C17H22N2O4/c20-15(8-4-10-19-11-5-9-16(19)21)18-14(12-17(22)23)13-6-2-1-3-7-13/h1-3,6-7,14H,4-5,8-12H2,(H,18,20)(H,22,23). The van der Waals surface area contributed by atoms with Gasteiger partial charge in [0.05, 0.1) is 12.5 Å². The van der Waals surface area contributed by atoms with E-state index >= 15 is 0 Å². The third kappa shape index (κ3) is 5.39. The minimum Gasteiger partial charge on any atom is -0.481 e. The van der Waals surface area contributed by atoms with Gasteiger partial charge in [-0.05, 0) is 18.4 Å². The quantitative estimate of drug-likeness (QED) is 0.764. The van der Waals surface area contributed by atoms with Crippen LogP contribution in [0.5, 0.6) is 0 Å². The van der Waals surface area contributed by atoms with Gasteiger partial charge in [0.15, 0.2) is 0 Å². The normalized spacial score (nSPS) is 15.5. The van der Waals surface area contributed by atoms with Crippen molar-refractivity contribution in [1.29, 1.82) is 0 Å². The number of hydrogen-bond donors (Lipinski definition) is 2. The number of carboxylic acids is 1. The van der Waals surface area contributed by atoms with Gasteiger partial charge in [0, 0.05) is 25.9 Å². The number of nitrogens with one attached hydrogen (secondary N) is 1. The molecule has 2 amide bonds. The maximum absolute atomic E-state index is 12.1. The largest absolute Gasteiger partial charge is 0.481 e. The number of rotatable bonds is 8. The number of aliphatic carboxylic acids is 1. The van der Waals surface area contributed by atoms with Crippen LogP contribution >= 0.6 is 0 Å². The average molecular weight is 318 g/mol. The zero-order valence-corrected chi connectivity index (χ0v) is 13.0. The highest BCUT2D eigenvalue weighted by Gasteiger charge is 2.21. The van der Waals surface area contributed by atoms with Gasteiger partial charge in [-0.1, -0.05) is 30.3 Å². The molecular formula is C17H22N2O4. The summed E-state index contributed by atoms with van der Waals surface area (Å²) in [6, 6.07) is 8.55. The van der Waals surface area contributed by atoms with Gasteiger partial charge in [-0.3, -0.25) is 14.4 Å². The zero-order chi connectivity index (χ0) is 16.7. The summed E-state index contributed by atoms with van der Waals surface area (Å²) in [5.74, 6) is -0.994. The molecule has 124 valence electrons. The average Bonchev–Trinajstić information content (AvgIpc) is 2.92. The third-order valence-electron chi connectivity index (χ3n) is 3.92. The van der Waals surface area contributed by atoms with Gasteiger partial charge in [0.25, 0.3) is 0 Å². The lowest BCUT2D eigenvalue weighted by atomic mass is 10.0. The molecule has 2 N–H and O–H groups in total. The van der Waals surface area contributed by atoms with E-state index in [0.29, 0.717) is 19.4 Å². The molecule has 6 heteroatoms. The maximum atomic E-state index is 12.1. The molecule has 1 aliphatic rings. The van der Waals surface area contributed by atoms with Crippen molar-refractivity contribution in [3.63, 3.8) is 0 Å². The first-order valence-corrected chi connectivity index (χ1v) is 7.90. The van der Waals surface area contributed by atoms with Crippen LogP contribution in [0.25, 0.3) is 0 Å². The zero-order valence-electron chi connectivity index (χ0n) is 13.0. The summed E-state index contributed by atoms with van der Waals surface area (Å²) in [7, 11) is 0. The Bertz CT molecular complexity index is 559. The van der Waals surface area contributed by atoms with Gasteiger partial charge < -0.3 is 15.3 Å². The van der Waals surface area contributed by atoms with Crippen LogP contribution in [0.2, 0.25) is 0 Å². The van der Waals surface area contributed by atoms with Crippen molar-refractivity contribution in [1.82, 2.24) is 10.2 Å². The first kappa shape index (κ1) is 17.0. The Kier molecular flexibility index (Phi) is 6.14. The van der Waals surface area contributed by atoms with Crippen molar-refractivity contribution in [3.05, 3.63) is 35.9 Å². The van der Waals surface area contributed by atoms with E-state index in [4.69, 9.17) is 5.11 Å². The summed E-state index contributed by atoms with van der Waals surface area (Å²) in [4.78, 5) is 36.3.